The van der Waals surface area contributed by atoms with Crippen molar-refractivity contribution < 1.29 is 13.2 Å². The third kappa shape index (κ3) is 3.73. The average molecular weight is 409 g/mol. The van der Waals surface area contributed by atoms with Crippen molar-refractivity contribution in [3.8, 4) is 5.75 Å². The average Bonchev–Trinajstić information content (AvgIpc) is 2.72. The van der Waals surface area contributed by atoms with Crippen LogP contribution in [-0.2, 0) is 16.3 Å². The van der Waals surface area contributed by atoms with Gasteiger partial charge < -0.3 is 4.74 Å². The van der Waals surface area contributed by atoms with Gasteiger partial charge in [0.15, 0.2) is 9.84 Å². The first-order valence-corrected chi connectivity index (χ1v) is 12.0. The van der Waals surface area contributed by atoms with E-state index in [0.29, 0.717) is 4.90 Å². The number of sulfone groups is 1. The molecule has 0 spiro atoms. The fourth-order valence-electron chi connectivity index (χ4n) is 3.30. The summed E-state index contributed by atoms with van der Waals surface area (Å²) in [6.07, 6.45) is 4.04. The number of rotatable bonds is 4. The maximum Gasteiger partial charge on any atom is 0.175 e. The van der Waals surface area contributed by atoms with Crippen molar-refractivity contribution in [1.82, 2.24) is 0 Å². The molecule has 0 fully saturated rings. The zero-order valence-electron chi connectivity index (χ0n) is 15.7. The predicted molar refractivity (Wildman–Crippen MR) is 115 cm³/mol. The summed E-state index contributed by atoms with van der Waals surface area (Å²) in [5, 5.41) is 0. The lowest BCUT2D eigenvalue weighted by Crippen LogP contribution is -2.09. The van der Waals surface area contributed by atoms with Crippen LogP contribution in [0.3, 0.4) is 0 Å². The van der Waals surface area contributed by atoms with Crippen LogP contribution in [0.5, 0.6) is 5.75 Å². The van der Waals surface area contributed by atoms with Crippen LogP contribution in [0.25, 0.3) is 11.3 Å². The molecule has 0 radical (unpaired) electrons. The van der Waals surface area contributed by atoms with Crippen LogP contribution >= 0.6 is 11.8 Å². The first kappa shape index (κ1) is 18.8. The largest absolute Gasteiger partial charge is 0.456 e. The minimum Gasteiger partial charge on any atom is -0.456 e. The van der Waals surface area contributed by atoms with Crippen LogP contribution in [0.1, 0.15) is 16.7 Å². The lowest BCUT2D eigenvalue weighted by atomic mass is 9.92. The van der Waals surface area contributed by atoms with E-state index in [0.717, 1.165) is 40.2 Å². The van der Waals surface area contributed by atoms with Crippen LogP contribution in [0.2, 0.25) is 0 Å². The fraction of sp³-hybridized carbons (Fsp3) is 0.130. The number of hydrogen-bond donors (Lipinski definition) is 0. The van der Waals surface area contributed by atoms with E-state index in [2.05, 4.69) is 36.6 Å². The number of thioether (sulfide) groups is 1. The molecule has 3 aromatic carbocycles. The molecule has 0 amide bonds. The Morgan fingerprint density at radius 2 is 1.50 bits per heavy atom. The van der Waals surface area contributed by atoms with Gasteiger partial charge >= 0.3 is 0 Å². The summed E-state index contributed by atoms with van der Waals surface area (Å²) in [6.45, 7) is 0. The summed E-state index contributed by atoms with van der Waals surface area (Å²) in [5.74, 6) is 1.62. The van der Waals surface area contributed by atoms with Gasteiger partial charge in [-0.05, 0) is 59.8 Å². The quantitative estimate of drug-likeness (QED) is 0.548. The molecule has 0 atom stereocenters. The molecule has 0 aliphatic carbocycles. The van der Waals surface area contributed by atoms with Crippen LogP contribution in [0, 0.1) is 0 Å². The van der Waals surface area contributed by atoms with Gasteiger partial charge in [0.1, 0.15) is 11.5 Å². The van der Waals surface area contributed by atoms with Crippen molar-refractivity contribution in [3.63, 3.8) is 0 Å². The highest BCUT2D eigenvalue weighted by Gasteiger charge is 2.22. The van der Waals surface area contributed by atoms with Crippen molar-refractivity contribution in [2.45, 2.75) is 16.2 Å². The molecular weight excluding hydrogens is 388 g/mol. The summed E-state index contributed by atoms with van der Waals surface area (Å²) in [6, 6.07) is 23.4. The van der Waals surface area contributed by atoms with Crippen LogP contribution in [-0.4, -0.2) is 20.9 Å². The van der Waals surface area contributed by atoms with E-state index in [9.17, 15) is 8.42 Å². The molecule has 0 aromatic heterocycles. The van der Waals surface area contributed by atoms with E-state index in [1.807, 2.05) is 30.3 Å². The number of ether oxygens (including phenoxy) is 1. The van der Waals surface area contributed by atoms with Crippen LogP contribution in [0.4, 0.5) is 0 Å². The standard InChI is InChI=1S/C23H20O3S2/c1-27-19-11-7-16(8-12-19)21-15-18-5-3-4-6-22(18)26-23(21)17-9-13-20(14-10-17)28(2,24)25/h3-14H,15H2,1-2H3. The molecule has 1 aliphatic rings. The molecule has 0 N–H and O–H groups in total. The molecule has 0 saturated carbocycles. The van der Waals surface area contributed by atoms with Crippen LogP contribution < -0.4 is 4.74 Å². The van der Waals surface area contributed by atoms with Crippen molar-refractivity contribution in [3.05, 3.63) is 89.5 Å². The second-order valence-corrected chi connectivity index (χ2v) is 9.61. The fourth-order valence-corrected chi connectivity index (χ4v) is 4.34. The molecule has 3 aromatic rings. The van der Waals surface area contributed by atoms with Gasteiger partial charge in [-0.2, -0.15) is 0 Å². The Morgan fingerprint density at radius 1 is 0.857 bits per heavy atom. The third-order valence-electron chi connectivity index (χ3n) is 4.81. The highest BCUT2D eigenvalue weighted by atomic mass is 32.2. The van der Waals surface area contributed by atoms with E-state index in [1.165, 1.54) is 11.2 Å². The molecule has 5 heteroatoms. The van der Waals surface area contributed by atoms with Gasteiger partial charge in [0.2, 0.25) is 0 Å². The molecule has 0 unspecified atom stereocenters. The van der Waals surface area contributed by atoms with Gasteiger partial charge in [-0.25, -0.2) is 8.42 Å². The lowest BCUT2D eigenvalue weighted by molar-refractivity contribution is 0.502. The van der Waals surface area contributed by atoms with E-state index in [1.54, 1.807) is 23.9 Å². The van der Waals surface area contributed by atoms with E-state index in [-0.39, 0.29) is 0 Å². The summed E-state index contributed by atoms with van der Waals surface area (Å²) in [7, 11) is -3.23. The zero-order valence-corrected chi connectivity index (χ0v) is 17.3. The molecular formula is C23H20O3S2. The van der Waals surface area contributed by atoms with Gasteiger partial charge in [-0.1, -0.05) is 30.3 Å². The normalized spacial score (nSPS) is 13.8. The van der Waals surface area contributed by atoms with Crippen molar-refractivity contribution in [2.24, 2.45) is 0 Å². The maximum absolute atomic E-state index is 11.8. The summed E-state index contributed by atoms with van der Waals surface area (Å²) < 4.78 is 29.9. The number of fused-ring (bicyclic) bond motifs is 1. The van der Waals surface area contributed by atoms with Crippen molar-refractivity contribution in [1.29, 1.82) is 0 Å². The summed E-state index contributed by atoms with van der Waals surface area (Å²) in [5.41, 5.74) is 4.21. The SMILES string of the molecule is CSc1ccc(C2=C(c3ccc(S(C)(=O)=O)cc3)Oc3ccccc3C2)cc1. The maximum atomic E-state index is 11.8. The smallest absolute Gasteiger partial charge is 0.175 e. The van der Waals surface area contributed by atoms with Crippen molar-refractivity contribution in [2.75, 3.05) is 12.5 Å². The van der Waals surface area contributed by atoms with Crippen LogP contribution in [0.15, 0.2) is 82.6 Å². The lowest BCUT2D eigenvalue weighted by Gasteiger charge is -2.24. The Labute approximate surface area is 170 Å². The molecule has 4 rings (SSSR count). The predicted octanol–water partition coefficient (Wildman–Crippen LogP) is 5.32. The molecule has 0 saturated heterocycles. The molecule has 3 nitrogen and oxygen atoms in total. The van der Waals surface area contributed by atoms with Gasteiger partial charge in [0.25, 0.3) is 0 Å². The number of benzene rings is 3. The minimum atomic E-state index is -3.23. The summed E-state index contributed by atoms with van der Waals surface area (Å²) >= 11 is 1.71. The van der Waals surface area contributed by atoms with Gasteiger partial charge in [-0.15, -0.1) is 11.8 Å². The highest BCUT2D eigenvalue weighted by Crippen LogP contribution is 2.39. The Bertz CT molecular complexity index is 1140. The molecule has 142 valence electrons. The van der Waals surface area contributed by atoms with Gasteiger partial charge in [-0.3, -0.25) is 0 Å². The van der Waals surface area contributed by atoms with E-state index < -0.39 is 9.84 Å². The minimum absolute atomic E-state index is 0.305. The Kier molecular flexibility index (Phi) is 5.04. The first-order chi connectivity index (χ1) is 13.5. The van der Waals surface area contributed by atoms with Gasteiger partial charge in [0.05, 0.1) is 4.90 Å². The first-order valence-electron chi connectivity index (χ1n) is 8.89. The monoisotopic (exact) mass is 408 g/mol. The van der Waals surface area contributed by atoms with E-state index >= 15 is 0 Å². The molecule has 1 heterocycles. The Morgan fingerprint density at radius 3 is 2.14 bits per heavy atom. The number of allylic oxidation sites excluding steroid dienone is 1. The third-order valence-corrected chi connectivity index (χ3v) is 6.68. The summed E-state index contributed by atoms with van der Waals surface area (Å²) in [4.78, 5) is 1.51. The molecule has 0 bridgehead atoms. The van der Waals surface area contributed by atoms with Crippen molar-refractivity contribution >= 4 is 32.9 Å². The highest BCUT2D eigenvalue weighted by molar-refractivity contribution is 7.98. The van der Waals surface area contributed by atoms with Gasteiger partial charge in [0, 0.05) is 28.7 Å². The molecule has 28 heavy (non-hydrogen) atoms. The zero-order chi connectivity index (χ0) is 19.7. The second-order valence-electron chi connectivity index (χ2n) is 6.72. The van der Waals surface area contributed by atoms with E-state index in [4.69, 9.17) is 4.74 Å². The number of hydrogen-bond acceptors (Lipinski definition) is 4. The number of para-hydroxylation sites is 1. The molecule has 1 aliphatic heterocycles. The Balaban J connectivity index is 1.83. The Hall–Kier alpha value is -2.50. The second kappa shape index (κ2) is 7.49. The topological polar surface area (TPSA) is 43.4 Å².